The highest BCUT2D eigenvalue weighted by Crippen LogP contribution is 2.33. The van der Waals surface area contributed by atoms with Crippen molar-refractivity contribution in [2.24, 2.45) is 23.5 Å². The van der Waals surface area contributed by atoms with Crippen LogP contribution in [-0.2, 0) is 19.1 Å². The summed E-state index contributed by atoms with van der Waals surface area (Å²) in [5.41, 5.74) is 5.48. The number of nitriles is 1. The first-order chi connectivity index (χ1) is 8.73. The van der Waals surface area contributed by atoms with Gasteiger partial charge >= 0.3 is 11.9 Å². The van der Waals surface area contributed by atoms with E-state index in [0.717, 1.165) is 0 Å². The monoisotopic (exact) mass is 284 g/mol. The largest absolute Gasteiger partial charge is 0.422 e. The fourth-order valence-corrected chi connectivity index (χ4v) is 2.34. The van der Waals surface area contributed by atoms with Gasteiger partial charge in [-0.2, -0.15) is 5.26 Å². The third-order valence-corrected chi connectivity index (χ3v) is 3.23. The Morgan fingerprint density at radius 1 is 1.47 bits per heavy atom. The maximum absolute atomic E-state index is 11.9. The summed E-state index contributed by atoms with van der Waals surface area (Å²) in [4.78, 5) is 23.9. The van der Waals surface area contributed by atoms with Gasteiger partial charge in [0.2, 0.25) is 0 Å². The first-order valence-corrected chi connectivity index (χ1v) is 6.29. The number of rotatable bonds is 4. The Morgan fingerprint density at radius 3 is 2.26 bits per heavy atom. The standard InChI is InChI=1S/C12H16N2O4S/c1-4-6(7(5-13)9(14)19)8-10(15)17-12(2,3)18-11(8)16/h6-8H,4H2,1-3H3,(H2,14,19)/t6-,7-/m1/s1. The lowest BCUT2D eigenvalue weighted by Crippen LogP contribution is -2.50. The van der Waals surface area contributed by atoms with Gasteiger partial charge in [-0.25, -0.2) is 0 Å². The molecule has 0 radical (unpaired) electrons. The molecule has 0 spiro atoms. The number of hydrogen-bond acceptors (Lipinski definition) is 6. The fourth-order valence-electron chi connectivity index (χ4n) is 2.11. The number of nitrogens with zero attached hydrogens (tertiary/aromatic N) is 1. The van der Waals surface area contributed by atoms with Crippen LogP contribution in [0.4, 0.5) is 0 Å². The van der Waals surface area contributed by atoms with Crippen LogP contribution in [0.25, 0.3) is 0 Å². The Morgan fingerprint density at radius 2 is 1.95 bits per heavy atom. The summed E-state index contributed by atoms with van der Waals surface area (Å²) >= 11 is 4.80. The quantitative estimate of drug-likeness (QED) is 0.464. The number of ether oxygens (including phenoxy) is 2. The number of hydrogen-bond donors (Lipinski definition) is 1. The van der Waals surface area contributed by atoms with Crippen LogP contribution in [-0.4, -0.2) is 22.7 Å². The van der Waals surface area contributed by atoms with Crippen LogP contribution in [0, 0.1) is 29.1 Å². The van der Waals surface area contributed by atoms with Crippen LogP contribution in [0.3, 0.4) is 0 Å². The number of carbonyl (C=O) groups is 2. The lowest BCUT2D eigenvalue weighted by molar-refractivity contribution is -0.243. The van der Waals surface area contributed by atoms with E-state index in [0.29, 0.717) is 6.42 Å². The van der Waals surface area contributed by atoms with E-state index in [1.54, 1.807) is 6.92 Å². The molecule has 2 N–H and O–H groups in total. The predicted molar refractivity (Wildman–Crippen MR) is 69.4 cm³/mol. The van der Waals surface area contributed by atoms with Crippen molar-refractivity contribution in [1.29, 1.82) is 5.26 Å². The minimum Gasteiger partial charge on any atom is -0.422 e. The predicted octanol–water partition coefficient (Wildman–Crippen LogP) is 0.891. The number of thiocarbonyl (C=S) groups is 1. The molecule has 19 heavy (non-hydrogen) atoms. The van der Waals surface area contributed by atoms with Gasteiger partial charge in [0.1, 0.15) is 5.92 Å². The highest BCUT2D eigenvalue weighted by molar-refractivity contribution is 7.80. The van der Waals surface area contributed by atoms with Crippen LogP contribution in [0.5, 0.6) is 0 Å². The summed E-state index contributed by atoms with van der Waals surface area (Å²) in [5, 5.41) is 9.08. The van der Waals surface area contributed by atoms with Crippen molar-refractivity contribution in [3.8, 4) is 6.07 Å². The van der Waals surface area contributed by atoms with Crippen LogP contribution in [0.15, 0.2) is 0 Å². The summed E-state index contributed by atoms with van der Waals surface area (Å²) in [7, 11) is 0. The van der Waals surface area contributed by atoms with Gasteiger partial charge in [0.05, 0.1) is 11.1 Å². The van der Waals surface area contributed by atoms with Crippen molar-refractivity contribution in [2.45, 2.75) is 33.0 Å². The second-order valence-electron chi connectivity index (χ2n) is 4.80. The van der Waals surface area contributed by atoms with E-state index in [9.17, 15) is 9.59 Å². The molecule has 2 atom stereocenters. The Kier molecular flexibility index (Phi) is 4.48. The van der Waals surface area contributed by atoms with Crippen molar-refractivity contribution in [3.05, 3.63) is 0 Å². The topological polar surface area (TPSA) is 102 Å². The highest BCUT2D eigenvalue weighted by atomic mass is 32.1. The molecular formula is C12H16N2O4S. The van der Waals surface area contributed by atoms with Crippen molar-refractivity contribution in [1.82, 2.24) is 0 Å². The Labute approximate surface area is 116 Å². The summed E-state index contributed by atoms with van der Waals surface area (Å²) in [6.07, 6.45) is 0.380. The van der Waals surface area contributed by atoms with Gasteiger partial charge in [-0.05, 0) is 0 Å². The van der Waals surface area contributed by atoms with Gasteiger partial charge in [-0.3, -0.25) is 9.59 Å². The lowest BCUT2D eigenvalue weighted by Gasteiger charge is -2.36. The SMILES string of the molecule is CC[C@@H](C1C(=O)OC(C)(C)OC1=O)[C@@H](C#N)C(N)=S. The average molecular weight is 284 g/mol. The molecule has 1 aliphatic heterocycles. The van der Waals surface area contributed by atoms with Crippen LogP contribution >= 0.6 is 12.2 Å². The van der Waals surface area contributed by atoms with Gasteiger partial charge < -0.3 is 15.2 Å². The molecule has 1 saturated heterocycles. The van der Waals surface area contributed by atoms with Gasteiger partial charge in [0, 0.05) is 19.8 Å². The maximum Gasteiger partial charge on any atom is 0.323 e. The molecule has 1 heterocycles. The minimum absolute atomic E-state index is 0.0419. The molecule has 1 fully saturated rings. The zero-order valence-corrected chi connectivity index (χ0v) is 11.8. The third kappa shape index (κ3) is 3.20. The zero-order valence-electron chi connectivity index (χ0n) is 11.0. The first kappa shape index (κ1) is 15.4. The van der Waals surface area contributed by atoms with Gasteiger partial charge in [-0.1, -0.05) is 25.6 Å². The van der Waals surface area contributed by atoms with E-state index in [4.69, 9.17) is 32.7 Å². The molecule has 0 aliphatic carbocycles. The van der Waals surface area contributed by atoms with Crippen LogP contribution in [0.2, 0.25) is 0 Å². The van der Waals surface area contributed by atoms with Gasteiger partial charge in [0.15, 0.2) is 5.92 Å². The molecule has 0 aromatic rings. The molecule has 0 unspecified atom stereocenters. The van der Waals surface area contributed by atoms with Crippen molar-refractivity contribution < 1.29 is 19.1 Å². The van der Waals surface area contributed by atoms with Gasteiger partial charge in [0.25, 0.3) is 5.79 Å². The molecule has 6 nitrogen and oxygen atoms in total. The summed E-state index contributed by atoms with van der Waals surface area (Å²) in [6, 6.07) is 1.93. The molecule has 0 amide bonds. The van der Waals surface area contributed by atoms with E-state index < -0.39 is 35.5 Å². The number of carbonyl (C=O) groups excluding carboxylic acids is 2. The molecule has 7 heteroatoms. The molecule has 0 aromatic carbocycles. The molecule has 104 valence electrons. The summed E-state index contributed by atoms with van der Waals surface area (Å²) in [6.45, 7) is 4.68. The smallest absolute Gasteiger partial charge is 0.323 e. The van der Waals surface area contributed by atoms with E-state index >= 15 is 0 Å². The highest BCUT2D eigenvalue weighted by Gasteiger charge is 2.49. The van der Waals surface area contributed by atoms with Crippen LogP contribution < -0.4 is 5.73 Å². The van der Waals surface area contributed by atoms with Crippen LogP contribution in [0.1, 0.15) is 27.2 Å². The minimum atomic E-state index is -1.28. The maximum atomic E-state index is 11.9. The molecule has 0 aromatic heterocycles. The third-order valence-electron chi connectivity index (χ3n) is 2.97. The van der Waals surface area contributed by atoms with Crippen molar-refractivity contribution in [3.63, 3.8) is 0 Å². The zero-order chi connectivity index (χ0) is 14.8. The summed E-state index contributed by atoms with van der Waals surface area (Å²) < 4.78 is 10.1. The first-order valence-electron chi connectivity index (χ1n) is 5.88. The van der Waals surface area contributed by atoms with E-state index in [-0.39, 0.29) is 4.99 Å². The van der Waals surface area contributed by atoms with Gasteiger partial charge in [-0.15, -0.1) is 0 Å². The van der Waals surface area contributed by atoms with Crippen molar-refractivity contribution >= 4 is 29.1 Å². The molecule has 0 saturated carbocycles. The fraction of sp³-hybridized carbons (Fsp3) is 0.667. The number of cyclic esters (lactones) is 2. The molecule has 1 aliphatic rings. The van der Waals surface area contributed by atoms with Crippen molar-refractivity contribution in [2.75, 3.05) is 0 Å². The van der Waals surface area contributed by atoms with E-state index in [1.807, 2.05) is 6.07 Å². The molecule has 0 bridgehead atoms. The molecule has 1 rings (SSSR count). The Hall–Kier alpha value is -1.68. The Balaban J connectivity index is 3.06. The number of nitrogens with two attached hydrogens (primary N) is 1. The second kappa shape index (κ2) is 5.53. The molecular weight excluding hydrogens is 268 g/mol. The normalized spacial score (nSPS) is 21.8. The number of esters is 2. The second-order valence-corrected chi connectivity index (χ2v) is 5.27. The average Bonchev–Trinajstić information content (AvgIpc) is 2.24. The van der Waals surface area contributed by atoms with E-state index in [2.05, 4.69) is 0 Å². The Bertz CT molecular complexity index is 435. The van der Waals surface area contributed by atoms with E-state index in [1.165, 1.54) is 13.8 Å². The lowest BCUT2D eigenvalue weighted by atomic mass is 9.79. The summed E-state index contributed by atoms with van der Waals surface area (Å²) in [5.74, 6) is -5.36.